The first-order valence-electron chi connectivity index (χ1n) is 19.8. The zero-order chi connectivity index (χ0) is 42.2. The summed E-state index contributed by atoms with van der Waals surface area (Å²) in [6.07, 6.45) is 1.04. The van der Waals surface area contributed by atoms with Gasteiger partial charge >= 0.3 is 18.2 Å². The van der Waals surface area contributed by atoms with Crippen molar-refractivity contribution in [1.82, 2.24) is 19.8 Å². The number of fused-ring (bicyclic) bond motifs is 5. The number of anilines is 2. The SMILES string of the molecule is CC(C)(C)OC(=O)Nc1sc2c(F)ccc(-c3c(C#N)cc4c(N5C[C@H]6CC[C@@H](C5)N6C(=O)OC(C)(C)C)nc(OC[C@@]56CCCN5C[C@H](F)C6)nc4c3F)c2c1C#N. The van der Waals surface area contributed by atoms with Gasteiger partial charge in [-0.25, -0.2) is 22.8 Å². The average molecular weight is 831 g/mol. The Balaban J connectivity index is 1.26. The number of nitriles is 2. The number of hydrogen-bond donors (Lipinski definition) is 1. The van der Waals surface area contributed by atoms with Gasteiger partial charge in [0.25, 0.3) is 0 Å². The van der Waals surface area contributed by atoms with Crippen molar-refractivity contribution in [1.29, 1.82) is 10.5 Å². The molecule has 4 aromatic rings. The summed E-state index contributed by atoms with van der Waals surface area (Å²) in [5, 5.41) is 23.7. The minimum atomic E-state index is -1.00. The summed E-state index contributed by atoms with van der Waals surface area (Å²) in [5.74, 6) is -1.35. The number of rotatable bonds is 6. The summed E-state index contributed by atoms with van der Waals surface area (Å²) >= 11 is 0.787. The fourth-order valence-electron chi connectivity index (χ4n) is 9.16. The molecule has 4 aliphatic rings. The first-order valence-corrected chi connectivity index (χ1v) is 20.6. The molecular weight excluding hydrogens is 786 g/mol. The molecule has 0 unspecified atom stereocenters. The van der Waals surface area contributed by atoms with Crippen LogP contribution < -0.4 is 15.0 Å². The molecule has 2 amide bonds. The van der Waals surface area contributed by atoms with Crippen LogP contribution in [0.5, 0.6) is 6.01 Å². The molecule has 8 rings (SSSR count). The molecule has 4 aliphatic heterocycles. The second-order valence-electron chi connectivity index (χ2n) is 17.8. The van der Waals surface area contributed by atoms with Gasteiger partial charge in [-0.2, -0.15) is 20.5 Å². The molecular formula is C42H45F3N8O5S. The topological polar surface area (TPSA) is 157 Å². The van der Waals surface area contributed by atoms with Crippen LogP contribution in [0.15, 0.2) is 18.2 Å². The molecule has 17 heteroatoms. The minimum Gasteiger partial charge on any atom is -0.461 e. The number of amides is 2. The monoisotopic (exact) mass is 830 g/mol. The van der Waals surface area contributed by atoms with E-state index in [2.05, 4.69) is 21.3 Å². The average Bonchev–Trinajstić information content (AvgIpc) is 3.87. The number of halogens is 3. The Bertz CT molecular complexity index is 2460. The molecule has 2 aromatic carbocycles. The molecule has 0 radical (unpaired) electrons. The summed E-state index contributed by atoms with van der Waals surface area (Å²) < 4.78 is 65.2. The van der Waals surface area contributed by atoms with Crippen LogP contribution in [-0.4, -0.2) is 99.7 Å². The number of piperazine rings is 1. The van der Waals surface area contributed by atoms with Gasteiger partial charge in [0.05, 0.1) is 39.5 Å². The fraction of sp³-hybridized carbons (Fsp3) is 0.524. The van der Waals surface area contributed by atoms with Crippen molar-refractivity contribution in [3.8, 4) is 29.3 Å². The molecule has 4 saturated heterocycles. The van der Waals surface area contributed by atoms with Crippen LogP contribution in [-0.2, 0) is 9.47 Å². The highest BCUT2D eigenvalue weighted by molar-refractivity contribution is 7.23. The summed E-state index contributed by atoms with van der Waals surface area (Å²) in [5.41, 5.74) is -2.75. The number of benzene rings is 2. The van der Waals surface area contributed by atoms with Crippen molar-refractivity contribution in [2.75, 3.05) is 43.0 Å². The molecule has 13 nitrogen and oxygen atoms in total. The smallest absolute Gasteiger partial charge is 0.412 e. The maximum absolute atomic E-state index is 17.6. The minimum absolute atomic E-state index is 0.00124. The lowest BCUT2D eigenvalue weighted by molar-refractivity contribution is 0.0122. The molecule has 4 fully saturated rings. The molecule has 2 aromatic heterocycles. The molecule has 0 saturated carbocycles. The van der Waals surface area contributed by atoms with Crippen molar-refractivity contribution in [3.05, 3.63) is 41.0 Å². The van der Waals surface area contributed by atoms with Gasteiger partial charge in [-0.3, -0.25) is 15.1 Å². The normalized spacial score (nSPS) is 23.0. The second-order valence-corrected chi connectivity index (χ2v) is 18.9. The van der Waals surface area contributed by atoms with Crippen molar-refractivity contribution < 1.29 is 37.0 Å². The molecule has 0 aliphatic carbocycles. The summed E-state index contributed by atoms with van der Waals surface area (Å²) in [6, 6.07) is 7.40. The number of nitrogens with zero attached hydrogens (tertiary/aromatic N) is 7. The Hall–Kier alpha value is -5.39. The van der Waals surface area contributed by atoms with Gasteiger partial charge in [0, 0.05) is 42.4 Å². The highest BCUT2D eigenvalue weighted by atomic mass is 32.1. The highest BCUT2D eigenvalue weighted by Crippen LogP contribution is 2.46. The zero-order valence-corrected chi connectivity index (χ0v) is 34.6. The van der Waals surface area contributed by atoms with Crippen molar-refractivity contribution in [2.24, 2.45) is 0 Å². The Morgan fingerprint density at radius 3 is 2.39 bits per heavy atom. The van der Waals surface area contributed by atoms with Gasteiger partial charge in [-0.05, 0) is 91.5 Å². The zero-order valence-electron chi connectivity index (χ0n) is 33.7. The maximum atomic E-state index is 17.6. The second kappa shape index (κ2) is 14.7. The van der Waals surface area contributed by atoms with E-state index < -0.39 is 46.7 Å². The van der Waals surface area contributed by atoms with E-state index in [0.29, 0.717) is 44.7 Å². The third-order valence-electron chi connectivity index (χ3n) is 11.4. The van der Waals surface area contributed by atoms with Gasteiger partial charge < -0.3 is 19.1 Å². The van der Waals surface area contributed by atoms with Crippen molar-refractivity contribution in [2.45, 2.75) is 109 Å². The molecule has 6 heterocycles. The first kappa shape index (κ1) is 40.4. The molecule has 4 atom stereocenters. The third-order valence-corrected chi connectivity index (χ3v) is 12.5. The van der Waals surface area contributed by atoms with Crippen LogP contribution in [0.25, 0.3) is 32.1 Å². The third kappa shape index (κ3) is 7.44. The van der Waals surface area contributed by atoms with Crippen molar-refractivity contribution >= 4 is 55.3 Å². The van der Waals surface area contributed by atoms with Crippen LogP contribution in [0.1, 0.15) is 84.8 Å². The lowest BCUT2D eigenvalue weighted by Gasteiger charge is -2.42. The fourth-order valence-corrected chi connectivity index (χ4v) is 10.2. The van der Waals surface area contributed by atoms with Gasteiger partial charge in [0.1, 0.15) is 52.2 Å². The van der Waals surface area contributed by atoms with Gasteiger partial charge in [0.2, 0.25) is 0 Å². The largest absolute Gasteiger partial charge is 0.461 e. The number of carbonyl (C=O) groups is 2. The van der Waals surface area contributed by atoms with E-state index in [1.807, 2.05) is 31.7 Å². The summed E-state index contributed by atoms with van der Waals surface area (Å²) in [6.45, 7) is 12.2. The maximum Gasteiger partial charge on any atom is 0.412 e. The van der Waals surface area contributed by atoms with E-state index in [1.54, 1.807) is 25.7 Å². The summed E-state index contributed by atoms with van der Waals surface area (Å²) in [7, 11) is 0. The molecule has 59 heavy (non-hydrogen) atoms. The highest BCUT2D eigenvalue weighted by Gasteiger charge is 2.50. The van der Waals surface area contributed by atoms with Gasteiger partial charge in [-0.1, -0.05) is 6.07 Å². The van der Waals surface area contributed by atoms with E-state index in [4.69, 9.17) is 19.2 Å². The Kier molecular flexibility index (Phi) is 10.1. The number of carbonyl (C=O) groups excluding carboxylic acids is 2. The van der Waals surface area contributed by atoms with Crippen LogP contribution >= 0.6 is 11.3 Å². The molecule has 2 bridgehead atoms. The van der Waals surface area contributed by atoms with Crippen LogP contribution in [0.3, 0.4) is 0 Å². The van der Waals surface area contributed by atoms with Gasteiger partial charge in [0.15, 0.2) is 5.82 Å². The van der Waals surface area contributed by atoms with Crippen LogP contribution in [0.4, 0.5) is 33.6 Å². The lowest BCUT2D eigenvalue weighted by atomic mass is 9.93. The van der Waals surface area contributed by atoms with E-state index in [-0.39, 0.29) is 72.9 Å². The Morgan fingerprint density at radius 1 is 1.02 bits per heavy atom. The van der Waals surface area contributed by atoms with Crippen LogP contribution in [0, 0.1) is 34.3 Å². The molecule has 310 valence electrons. The number of thiophene rings is 1. The summed E-state index contributed by atoms with van der Waals surface area (Å²) in [4.78, 5) is 41.3. The van der Waals surface area contributed by atoms with Gasteiger partial charge in [-0.15, -0.1) is 11.3 Å². The number of aromatic nitrogens is 2. The van der Waals surface area contributed by atoms with Crippen LogP contribution in [0.2, 0.25) is 0 Å². The molecule has 1 N–H and O–H groups in total. The van der Waals surface area contributed by atoms with E-state index in [0.717, 1.165) is 36.8 Å². The van der Waals surface area contributed by atoms with E-state index >= 15 is 8.78 Å². The lowest BCUT2D eigenvalue weighted by Crippen LogP contribution is -2.57. The Labute approximate surface area is 343 Å². The first-order chi connectivity index (χ1) is 27.9. The molecule has 0 spiro atoms. The van der Waals surface area contributed by atoms with Crippen molar-refractivity contribution in [3.63, 3.8) is 0 Å². The van der Waals surface area contributed by atoms with E-state index in [1.165, 1.54) is 12.1 Å². The number of hydrogen-bond acceptors (Lipinski definition) is 12. The predicted molar refractivity (Wildman–Crippen MR) is 215 cm³/mol. The predicted octanol–water partition coefficient (Wildman–Crippen LogP) is 8.42. The quantitative estimate of drug-likeness (QED) is 0.199. The number of alkyl halides is 1. The standard InChI is InChI=1S/C42H45F3N8O5S/c1-40(2,3)57-38(54)50-36-28(17-47)31-26(10-11-29(44)34(31)59-36)30-22(16-46)14-27-33(32(30)45)48-37(56-21-42-12-7-13-52(42)18-23(43)15-42)49-35(27)51-19-24-8-9-25(20-51)53(24)39(55)58-41(4,5)6/h10-11,14,23-25H,7-9,12-13,15,18-21H2,1-6H3,(H,50,54)/t23-,24-,25+,42+/m1/s1. The number of nitrogens with one attached hydrogen (secondary N) is 1. The van der Waals surface area contributed by atoms with E-state index in [9.17, 15) is 24.5 Å². The Morgan fingerprint density at radius 2 is 1.73 bits per heavy atom. The number of ether oxygens (including phenoxy) is 3.